The maximum atomic E-state index is 6.16. The lowest BCUT2D eigenvalue weighted by molar-refractivity contribution is 0.0581. The van der Waals surface area contributed by atoms with E-state index in [-0.39, 0.29) is 6.04 Å². The molecule has 1 aliphatic rings. The summed E-state index contributed by atoms with van der Waals surface area (Å²) in [6.45, 7) is 0. The smallest absolute Gasteiger partial charge is 0.216 e. The average molecular weight is 225 g/mol. The molecule has 0 saturated carbocycles. The predicted molar refractivity (Wildman–Crippen MR) is 59.5 cm³/mol. The van der Waals surface area contributed by atoms with Gasteiger partial charge in [0.2, 0.25) is 5.18 Å². The van der Waals surface area contributed by atoms with Gasteiger partial charge in [-0.25, -0.2) is 0 Å². The van der Waals surface area contributed by atoms with Crippen LogP contribution in [0.25, 0.3) is 0 Å². The molecule has 0 aliphatic carbocycles. The minimum atomic E-state index is -0.902. The molecule has 1 aromatic heterocycles. The SMILES string of the molecule is COC1(Cl)C=CCC(c2ccccn2)N1. The van der Waals surface area contributed by atoms with Gasteiger partial charge in [0.1, 0.15) is 0 Å². The van der Waals surface area contributed by atoms with Gasteiger partial charge in [-0.2, -0.15) is 0 Å². The number of hydrogen-bond donors (Lipinski definition) is 1. The molecule has 0 fully saturated rings. The molecule has 15 heavy (non-hydrogen) atoms. The van der Waals surface area contributed by atoms with E-state index in [9.17, 15) is 0 Å². The Morgan fingerprint density at radius 2 is 2.47 bits per heavy atom. The van der Waals surface area contributed by atoms with Gasteiger partial charge in [-0.3, -0.25) is 10.3 Å². The molecule has 2 rings (SSSR count). The highest BCUT2D eigenvalue weighted by molar-refractivity contribution is 6.24. The van der Waals surface area contributed by atoms with Crippen molar-refractivity contribution >= 4 is 11.6 Å². The van der Waals surface area contributed by atoms with Crippen LogP contribution < -0.4 is 5.32 Å². The van der Waals surface area contributed by atoms with Crippen molar-refractivity contribution in [3.63, 3.8) is 0 Å². The van der Waals surface area contributed by atoms with Gasteiger partial charge in [-0.05, 0) is 24.6 Å². The molecule has 1 aromatic rings. The molecule has 1 N–H and O–H groups in total. The van der Waals surface area contributed by atoms with Gasteiger partial charge in [0.25, 0.3) is 0 Å². The standard InChI is InChI=1S/C11H13ClN2O/c1-15-11(12)7-4-6-10(14-11)9-5-2-3-8-13-9/h2-5,7-8,10,14H,6H2,1H3. The van der Waals surface area contributed by atoms with Gasteiger partial charge in [-0.1, -0.05) is 23.7 Å². The number of halogens is 1. The molecule has 0 radical (unpaired) electrons. The number of aromatic nitrogens is 1. The Morgan fingerprint density at radius 1 is 1.60 bits per heavy atom. The zero-order valence-electron chi connectivity index (χ0n) is 8.48. The van der Waals surface area contributed by atoms with Crippen molar-refractivity contribution in [3.05, 3.63) is 42.2 Å². The first kappa shape index (κ1) is 10.6. The van der Waals surface area contributed by atoms with E-state index in [1.165, 1.54) is 0 Å². The van der Waals surface area contributed by atoms with Crippen molar-refractivity contribution < 1.29 is 4.74 Å². The number of ether oxygens (including phenoxy) is 1. The fourth-order valence-electron chi connectivity index (χ4n) is 1.60. The topological polar surface area (TPSA) is 34.1 Å². The van der Waals surface area contributed by atoms with Crippen molar-refractivity contribution in [1.82, 2.24) is 10.3 Å². The van der Waals surface area contributed by atoms with E-state index in [1.807, 2.05) is 30.4 Å². The predicted octanol–water partition coefficient (Wildman–Crippen LogP) is 2.21. The van der Waals surface area contributed by atoms with E-state index in [0.29, 0.717) is 0 Å². The molecule has 0 aromatic carbocycles. The largest absolute Gasteiger partial charge is 0.347 e. The Bertz CT molecular complexity index is 355. The Balaban J connectivity index is 2.17. The van der Waals surface area contributed by atoms with Crippen LogP contribution in [0.5, 0.6) is 0 Å². The second kappa shape index (κ2) is 4.31. The van der Waals surface area contributed by atoms with Crippen molar-refractivity contribution in [2.45, 2.75) is 17.6 Å². The molecule has 4 heteroatoms. The maximum absolute atomic E-state index is 6.16. The number of methoxy groups -OCH3 is 1. The zero-order chi connectivity index (χ0) is 10.7. The van der Waals surface area contributed by atoms with Crippen molar-refractivity contribution in [2.24, 2.45) is 0 Å². The lowest BCUT2D eigenvalue weighted by atomic mass is 10.1. The van der Waals surface area contributed by atoms with Crippen LogP contribution in [0.15, 0.2) is 36.5 Å². The van der Waals surface area contributed by atoms with Gasteiger partial charge in [0.15, 0.2) is 0 Å². The monoisotopic (exact) mass is 224 g/mol. The normalized spacial score (nSPS) is 30.4. The molecule has 3 nitrogen and oxygen atoms in total. The lowest BCUT2D eigenvalue weighted by Crippen LogP contribution is -2.44. The third-order valence-corrected chi connectivity index (χ3v) is 2.81. The summed E-state index contributed by atoms with van der Waals surface area (Å²) in [5.41, 5.74) is 0.976. The molecule has 0 amide bonds. The van der Waals surface area contributed by atoms with Crippen LogP contribution in [-0.4, -0.2) is 17.3 Å². The first-order valence-corrected chi connectivity index (χ1v) is 5.22. The van der Waals surface area contributed by atoms with Gasteiger partial charge >= 0.3 is 0 Å². The molecular formula is C11H13ClN2O. The van der Waals surface area contributed by atoms with Crippen LogP contribution in [-0.2, 0) is 4.74 Å². The molecule has 0 spiro atoms. The summed E-state index contributed by atoms with van der Waals surface area (Å²) in [4.78, 5) is 4.29. The van der Waals surface area contributed by atoms with Crippen LogP contribution in [0.3, 0.4) is 0 Å². The van der Waals surface area contributed by atoms with Crippen LogP contribution in [0.2, 0.25) is 0 Å². The Morgan fingerprint density at radius 3 is 3.13 bits per heavy atom. The summed E-state index contributed by atoms with van der Waals surface area (Å²) < 4.78 is 5.17. The zero-order valence-corrected chi connectivity index (χ0v) is 9.24. The summed E-state index contributed by atoms with van der Waals surface area (Å²) in [6, 6.07) is 5.94. The second-order valence-corrected chi connectivity index (χ2v) is 4.00. The van der Waals surface area contributed by atoms with Crippen LogP contribution in [0.4, 0.5) is 0 Å². The molecule has 2 heterocycles. The van der Waals surface area contributed by atoms with Crippen LogP contribution in [0, 0.1) is 0 Å². The van der Waals surface area contributed by atoms with E-state index in [4.69, 9.17) is 16.3 Å². The number of hydrogen-bond acceptors (Lipinski definition) is 3. The van der Waals surface area contributed by atoms with Crippen LogP contribution in [0.1, 0.15) is 18.2 Å². The summed E-state index contributed by atoms with van der Waals surface area (Å²) >= 11 is 6.16. The van der Waals surface area contributed by atoms with Gasteiger partial charge in [0.05, 0.1) is 11.7 Å². The fraction of sp³-hybridized carbons (Fsp3) is 0.364. The third kappa shape index (κ3) is 2.37. The Labute approximate surface area is 94.1 Å². The van der Waals surface area contributed by atoms with E-state index in [1.54, 1.807) is 13.3 Å². The lowest BCUT2D eigenvalue weighted by Gasteiger charge is -2.31. The van der Waals surface area contributed by atoms with E-state index in [2.05, 4.69) is 10.3 Å². The first-order valence-electron chi connectivity index (χ1n) is 4.84. The highest BCUT2D eigenvalue weighted by atomic mass is 35.5. The van der Waals surface area contributed by atoms with Gasteiger partial charge in [0, 0.05) is 13.3 Å². The number of nitrogens with zero attached hydrogens (tertiary/aromatic N) is 1. The Kier molecular flexibility index (Phi) is 3.05. The van der Waals surface area contributed by atoms with Gasteiger partial charge < -0.3 is 4.74 Å². The summed E-state index contributed by atoms with van der Waals surface area (Å²) in [6.07, 6.45) is 6.47. The minimum Gasteiger partial charge on any atom is -0.347 e. The van der Waals surface area contributed by atoms with E-state index in [0.717, 1.165) is 12.1 Å². The van der Waals surface area contributed by atoms with E-state index >= 15 is 0 Å². The molecule has 0 saturated heterocycles. The highest BCUT2D eigenvalue weighted by Gasteiger charge is 2.30. The maximum Gasteiger partial charge on any atom is 0.216 e. The molecule has 2 unspecified atom stereocenters. The fourth-order valence-corrected chi connectivity index (χ4v) is 1.82. The molecule has 1 aliphatic heterocycles. The van der Waals surface area contributed by atoms with Crippen LogP contribution >= 0.6 is 11.6 Å². The van der Waals surface area contributed by atoms with Crippen molar-refractivity contribution in [3.8, 4) is 0 Å². The number of alkyl halides is 1. The summed E-state index contributed by atoms with van der Waals surface area (Å²) in [5.74, 6) is 0. The van der Waals surface area contributed by atoms with E-state index < -0.39 is 5.18 Å². The average Bonchev–Trinajstić information content (AvgIpc) is 2.30. The first-order chi connectivity index (χ1) is 7.23. The summed E-state index contributed by atoms with van der Waals surface area (Å²) in [5, 5.41) is 2.29. The molecule has 2 atom stereocenters. The molecular weight excluding hydrogens is 212 g/mol. The van der Waals surface area contributed by atoms with Gasteiger partial charge in [-0.15, -0.1) is 0 Å². The number of nitrogens with one attached hydrogen (secondary N) is 1. The van der Waals surface area contributed by atoms with Crippen molar-refractivity contribution in [1.29, 1.82) is 0 Å². The Hall–Kier alpha value is -0.900. The third-order valence-electron chi connectivity index (χ3n) is 2.42. The minimum absolute atomic E-state index is 0.105. The summed E-state index contributed by atoms with van der Waals surface area (Å²) in [7, 11) is 1.57. The quantitative estimate of drug-likeness (QED) is 0.475. The molecule has 80 valence electrons. The highest BCUT2D eigenvalue weighted by Crippen LogP contribution is 2.27. The van der Waals surface area contributed by atoms with Crippen molar-refractivity contribution in [2.75, 3.05) is 7.11 Å². The number of pyridine rings is 1. The number of rotatable bonds is 2. The second-order valence-electron chi connectivity index (χ2n) is 3.44. The molecule has 0 bridgehead atoms.